The number of benzene rings is 2. The molecular weight excluding hydrogens is 935 g/mol. The third-order valence-electron chi connectivity index (χ3n) is 9.05. The van der Waals surface area contributed by atoms with Crippen LogP contribution in [0.4, 0.5) is 5.82 Å². The molecule has 2 atom stereocenters. The van der Waals surface area contributed by atoms with E-state index >= 15 is 0 Å². The van der Waals surface area contributed by atoms with Gasteiger partial charge in [0.2, 0.25) is 0 Å². The highest BCUT2D eigenvalue weighted by molar-refractivity contribution is 7.98. The number of nitrogens with one attached hydrogen (secondary N) is 1. The van der Waals surface area contributed by atoms with Gasteiger partial charge in [-0.05, 0) is 50.6 Å². The molecule has 6 rings (SSSR count). The van der Waals surface area contributed by atoms with Crippen LogP contribution in [0.2, 0.25) is 66.6 Å². The van der Waals surface area contributed by atoms with Gasteiger partial charge in [-0.3, -0.25) is 0 Å². The average molecular weight is 997 g/mol. The molecule has 63 heavy (non-hydrogen) atoms. The summed E-state index contributed by atoms with van der Waals surface area (Å²) in [5, 5.41) is 35.1. The van der Waals surface area contributed by atoms with Gasteiger partial charge in [0.15, 0.2) is 21.6 Å². The first-order valence-electron chi connectivity index (χ1n) is 20.5. The minimum Gasteiger partial charge on any atom is -0.392 e. The molecule has 0 fully saturated rings. The van der Waals surface area contributed by atoms with Crippen LogP contribution in [0.5, 0.6) is 0 Å². The van der Waals surface area contributed by atoms with Crippen molar-refractivity contribution in [2.45, 2.75) is 101 Å². The largest absolute Gasteiger partial charge is 0.392 e. The van der Waals surface area contributed by atoms with Crippen LogP contribution in [-0.2, 0) is 22.9 Å². The number of aromatic nitrogens is 8. The fraction of sp³-hybridized carbons (Fsp3) is 0.476. The zero-order valence-electron chi connectivity index (χ0n) is 37.7. The molecule has 14 nitrogen and oxygen atoms in total. The second-order valence-electron chi connectivity index (χ2n) is 17.1. The first kappa shape index (κ1) is 52.8. The Hall–Kier alpha value is -2.86. The maximum atomic E-state index is 9.79. The Morgan fingerprint density at radius 2 is 1.11 bits per heavy atom. The zero-order valence-corrected chi connectivity index (χ0v) is 43.6. The van der Waals surface area contributed by atoms with Crippen molar-refractivity contribution in [3.63, 3.8) is 0 Å². The van der Waals surface area contributed by atoms with Crippen molar-refractivity contribution in [2.24, 2.45) is 5.73 Å². The Morgan fingerprint density at radius 1 is 0.683 bits per heavy atom. The van der Waals surface area contributed by atoms with Gasteiger partial charge in [0.05, 0.1) is 33.0 Å². The summed E-state index contributed by atoms with van der Waals surface area (Å²) >= 11 is 22.3. The molecule has 344 valence electrons. The molecule has 4 aromatic heterocycles. The van der Waals surface area contributed by atoms with E-state index in [9.17, 15) is 5.11 Å². The highest BCUT2D eigenvalue weighted by atomic mass is 35.5. The lowest BCUT2D eigenvalue weighted by Crippen LogP contribution is -2.22. The highest BCUT2D eigenvalue weighted by Gasteiger charge is 2.23. The SMILES string of the molecule is CSc1nc(Cl)c2c(-c3ccccc3Cl)nn(COCC[Si](C)(C)C)c2n1.CSc1nc(NC[C@H](C)O)c2c(-c3ccccc3Cl)nn(COCC[Si](C)(C)C)c2n1.C[C@H](O)CN. The van der Waals surface area contributed by atoms with Crippen molar-refractivity contribution in [3.8, 4) is 22.5 Å². The van der Waals surface area contributed by atoms with Gasteiger partial charge in [0.1, 0.15) is 35.8 Å². The highest BCUT2D eigenvalue weighted by Crippen LogP contribution is 2.38. The smallest absolute Gasteiger partial charge is 0.191 e. The minimum absolute atomic E-state index is 0.298. The molecule has 0 aliphatic heterocycles. The van der Waals surface area contributed by atoms with E-state index in [2.05, 4.69) is 59.6 Å². The molecule has 21 heteroatoms. The third kappa shape index (κ3) is 15.9. The van der Waals surface area contributed by atoms with Gasteiger partial charge in [0.25, 0.3) is 0 Å². The van der Waals surface area contributed by atoms with Crippen LogP contribution < -0.4 is 11.1 Å². The maximum absolute atomic E-state index is 9.79. The number of aliphatic hydroxyl groups is 2. The number of aliphatic hydroxyl groups excluding tert-OH is 2. The summed E-state index contributed by atoms with van der Waals surface area (Å²) in [5.74, 6) is 0.624. The molecule has 0 saturated heterocycles. The zero-order chi connectivity index (χ0) is 46.5. The van der Waals surface area contributed by atoms with Gasteiger partial charge in [-0.15, -0.1) is 0 Å². The lowest BCUT2D eigenvalue weighted by molar-refractivity contribution is 0.0813. The lowest BCUT2D eigenvalue weighted by atomic mass is 10.1. The van der Waals surface area contributed by atoms with Gasteiger partial charge in [-0.25, -0.2) is 29.3 Å². The van der Waals surface area contributed by atoms with E-state index < -0.39 is 22.3 Å². The van der Waals surface area contributed by atoms with Crippen molar-refractivity contribution in [3.05, 3.63) is 63.7 Å². The van der Waals surface area contributed by atoms with Crippen molar-refractivity contribution < 1.29 is 19.7 Å². The summed E-state index contributed by atoms with van der Waals surface area (Å²) in [4.78, 5) is 18.3. The topological polar surface area (TPSA) is 184 Å². The Bertz CT molecular complexity index is 2400. The number of nitrogens with zero attached hydrogens (tertiary/aromatic N) is 8. The van der Waals surface area contributed by atoms with Crippen LogP contribution in [0.25, 0.3) is 44.6 Å². The number of hydrogen-bond acceptors (Lipinski definition) is 14. The molecular formula is C42H61Cl3N10O4S2Si2. The number of thioether (sulfide) groups is 2. The van der Waals surface area contributed by atoms with Crippen molar-refractivity contribution in [1.82, 2.24) is 39.5 Å². The van der Waals surface area contributed by atoms with Crippen LogP contribution in [-0.4, -0.2) is 117 Å². The number of anilines is 1. The molecule has 6 aromatic rings. The second-order valence-corrected chi connectivity index (χ2v) is 31.1. The molecule has 5 N–H and O–H groups in total. The Kier molecular flexibility index (Phi) is 20.6. The first-order valence-corrected chi connectivity index (χ1v) is 31.5. The van der Waals surface area contributed by atoms with E-state index in [1.165, 1.54) is 23.5 Å². The van der Waals surface area contributed by atoms with E-state index in [1.54, 1.807) is 23.2 Å². The Morgan fingerprint density at radius 3 is 1.52 bits per heavy atom. The van der Waals surface area contributed by atoms with Gasteiger partial charge >= 0.3 is 0 Å². The maximum Gasteiger partial charge on any atom is 0.191 e. The van der Waals surface area contributed by atoms with E-state index in [4.69, 9.17) is 70.3 Å². The lowest BCUT2D eigenvalue weighted by Gasteiger charge is -2.15. The van der Waals surface area contributed by atoms with E-state index in [0.29, 0.717) is 99.2 Å². The molecule has 0 aliphatic rings. The van der Waals surface area contributed by atoms with Gasteiger partial charge in [0, 0.05) is 53.6 Å². The summed E-state index contributed by atoms with van der Waals surface area (Å²) in [7, 11) is -2.33. The molecule has 0 bridgehead atoms. The summed E-state index contributed by atoms with van der Waals surface area (Å²) < 4.78 is 15.4. The minimum atomic E-state index is -1.18. The number of fused-ring (bicyclic) bond motifs is 2. The Labute approximate surface area is 396 Å². The first-order chi connectivity index (χ1) is 29.8. The van der Waals surface area contributed by atoms with Crippen molar-refractivity contribution in [1.29, 1.82) is 0 Å². The molecule has 0 saturated carbocycles. The molecule has 0 aliphatic carbocycles. The van der Waals surface area contributed by atoms with Crippen LogP contribution in [0.15, 0.2) is 58.8 Å². The fourth-order valence-corrected chi connectivity index (χ4v) is 8.53. The standard InChI is InChI=1S/C21H30ClN5O2SSi.C18H22Cl2N4OSSi.C3H9NO/c1-14(28)12-23-19-17-18(15-8-6-7-9-16(15)22)26-27(13-29-10-11-31(3,4)5)20(17)25-21(24-19)30-2;1-26-18-21-16(20)14-15(12-7-5-6-8-13(12)19)23-24(17(14)22-18)11-25-9-10-27(2,3)4;1-3(5)2-4/h6-9,14,28H,10-13H2,1-5H3,(H,23,24,25);5-8H,9-11H2,1-4H3;3,5H,2,4H2,1H3/t14-;;3-/m0.0/s1. The van der Waals surface area contributed by atoms with Crippen LogP contribution in [0.3, 0.4) is 0 Å². The second kappa shape index (κ2) is 24.6. The van der Waals surface area contributed by atoms with Crippen LogP contribution in [0.1, 0.15) is 13.8 Å². The van der Waals surface area contributed by atoms with E-state index in [0.717, 1.165) is 28.6 Å². The van der Waals surface area contributed by atoms with Gasteiger partial charge in [-0.2, -0.15) is 10.2 Å². The number of rotatable bonds is 18. The Balaban J connectivity index is 0.000000252. The molecule has 0 amide bonds. The van der Waals surface area contributed by atoms with E-state index in [1.807, 2.05) is 61.0 Å². The summed E-state index contributed by atoms with van der Waals surface area (Å²) in [6.45, 7) is 20.1. The number of hydrogen-bond donors (Lipinski definition) is 4. The predicted octanol–water partition coefficient (Wildman–Crippen LogP) is 10.1. The van der Waals surface area contributed by atoms with Crippen molar-refractivity contribution >= 4 is 102 Å². The monoisotopic (exact) mass is 994 g/mol. The van der Waals surface area contributed by atoms with Crippen molar-refractivity contribution in [2.75, 3.05) is 44.1 Å². The van der Waals surface area contributed by atoms with Crippen LogP contribution >= 0.6 is 58.3 Å². The molecule has 2 aromatic carbocycles. The van der Waals surface area contributed by atoms with Gasteiger partial charge < -0.3 is 30.7 Å². The quantitative estimate of drug-likeness (QED) is 0.0210. The van der Waals surface area contributed by atoms with Crippen LogP contribution in [0, 0.1) is 0 Å². The third-order valence-corrected chi connectivity index (χ3v) is 14.5. The molecule has 0 unspecified atom stereocenters. The fourth-order valence-electron chi connectivity index (χ4n) is 5.54. The number of halogens is 3. The van der Waals surface area contributed by atoms with Gasteiger partial charge in [-0.1, -0.05) is 134 Å². The summed E-state index contributed by atoms with van der Waals surface area (Å²) in [5.41, 5.74) is 9.21. The number of nitrogens with two attached hydrogens (primary N) is 1. The van der Waals surface area contributed by atoms with E-state index in [-0.39, 0.29) is 6.10 Å². The molecule has 0 spiro atoms. The normalized spacial score (nSPS) is 12.8. The predicted molar refractivity (Wildman–Crippen MR) is 269 cm³/mol. The number of ether oxygens (including phenoxy) is 2. The summed E-state index contributed by atoms with van der Waals surface area (Å²) in [6, 6.07) is 17.3. The molecule has 0 radical (unpaired) electrons. The molecule has 4 heterocycles. The average Bonchev–Trinajstić information content (AvgIpc) is 3.78. The summed E-state index contributed by atoms with van der Waals surface area (Å²) in [6.07, 6.45) is 2.98.